The molecule has 0 fully saturated rings. The number of carboxylic acid groups (broad SMARTS) is 1. The van der Waals surface area contributed by atoms with Gasteiger partial charge in [0.25, 0.3) is 11.8 Å². The van der Waals surface area contributed by atoms with Crippen molar-refractivity contribution in [2.45, 2.75) is 46.5 Å². The van der Waals surface area contributed by atoms with Crippen molar-refractivity contribution in [1.82, 2.24) is 20.6 Å². The average Bonchev–Trinajstić information content (AvgIpc) is 3.02. The molecule has 0 atom stereocenters. The van der Waals surface area contributed by atoms with Gasteiger partial charge >= 0.3 is 18.3 Å². The Bertz CT molecular complexity index is 3840. The zero-order valence-electron chi connectivity index (χ0n) is 44.6. The Hall–Kier alpha value is -8.95. The lowest BCUT2D eigenvalue weighted by atomic mass is 9.86. The van der Waals surface area contributed by atoms with Gasteiger partial charge < -0.3 is 45.8 Å². The molecule has 0 spiro atoms. The number of halogens is 10. The number of aromatic carboxylic acids is 1. The van der Waals surface area contributed by atoms with Crippen molar-refractivity contribution in [3.63, 3.8) is 0 Å². The van der Waals surface area contributed by atoms with E-state index in [4.69, 9.17) is 32.0 Å². The third-order valence-electron chi connectivity index (χ3n) is 12.3. The number of ketones is 1. The minimum atomic E-state index is -4.73. The summed E-state index contributed by atoms with van der Waals surface area (Å²) in [5.41, 5.74) is -0.0525. The second-order valence-corrected chi connectivity index (χ2v) is 19.7. The van der Waals surface area contributed by atoms with Crippen molar-refractivity contribution in [3.05, 3.63) is 129 Å². The minimum Gasteiger partial charge on any atom is -0.478 e. The Balaban J connectivity index is 0.000000247. The molecule has 0 bridgehead atoms. The summed E-state index contributed by atoms with van der Waals surface area (Å²) in [5.74, 6) is -3.86. The number of anilines is 4. The van der Waals surface area contributed by atoms with Crippen molar-refractivity contribution in [2.75, 3.05) is 61.5 Å². The van der Waals surface area contributed by atoms with Crippen molar-refractivity contribution in [2.24, 2.45) is 5.41 Å². The van der Waals surface area contributed by atoms with Gasteiger partial charge in [0.05, 0.1) is 60.4 Å². The number of nitriles is 1. The van der Waals surface area contributed by atoms with E-state index in [2.05, 4.69) is 41.9 Å². The molecule has 0 aliphatic carbocycles. The summed E-state index contributed by atoms with van der Waals surface area (Å²) in [6.07, 6.45) is -9.88. The van der Waals surface area contributed by atoms with Crippen LogP contribution in [0.25, 0.3) is 67.1 Å². The summed E-state index contributed by atoms with van der Waals surface area (Å²) < 4.78 is 118. The average molecular weight is 1190 g/mol. The van der Waals surface area contributed by atoms with E-state index in [9.17, 15) is 64.7 Å². The van der Waals surface area contributed by atoms with Crippen molar-refractivity contribution < 1.29 is 68.2 Å². The Labute approximate surface area is 477 Å². The number of Topliss-reactive ketones (excluding diaryl/α,β-unsaturated/α-hetero) is 1. The summed E-state index contributed by atoms with van der Waals surface area (Å²) in [5, 5.41) is 35.0. The molecule has 0 saturated heterocycles. The van der Waals surface area contributed by atoms with E-state index >= 15 is 0 Å². The SMILES string of the molecule is CCNc1nc2oc(-c3ccc(F)cc3)c(C(=O)NC)c2cc1-c1cc(Cl)c(NCC)c(C(=O)O)c1.CNC(=O)c1c(-c2ccc(F)cc2)oc2nc(NCC(F)(F)F)c(-c3cc(Cl)c(NCC(F)(F)F)c(C(=O)CC(C)(C)C#N)c3)cc12. The molecule has 0 aliphatic heterocycles. The Kier molecular flexibility index (Phi) is 18.6. The van der Waals surface area contributed by atoms with Gasteiger partial charge in [0.15, 0.2) is 5.78 Å². The van der Waals surface area contributed by atoms with Crippen LogP contribution in [0.4, 0.5) is 58.1 Å². The van der Waals surface area contributed by atoms with Gasteiger partial charge in [-0.1, -0.05) is 23.2 Å². The van der Waals surface area contributed by atoms with E-state index in [1.165, 1.54) is 76.5 Å². The lowest BCUT2D eigenvalue weighted by molar-refractivity contribution is -0.116. The summed E-state index contributed by atoms with van der Waals surface area (Å²) >= 11 is 12.9. The van der Waals surface area contributed by atoms with Crippen molar-refractivity contribution in [1.29, 1.82) is 5.26 Å². The number of carboxylic acids is 1. The maximum absolute atomic E-state index is 13.6. The third kappa shape index (κ3) is 14.2. The van der Waals surface area contributed by atoms with Crippen LogP contribution in [-0.4, -0.2) is 91.3 Å². The Morgan fingerprint density at radius 3 is 1.41 bits per heavy atom. The number of hydrogen-bond acceptors (Lipinski definition) is 13. The zero-order valence-corrected chi connectivity index (χ0v) is 46.1. The molecule has 2 amide bonds. The number of furan rings is 2. The highest BCUT2D eigenvalue weighted by molar-refractivity contribution is 6.35. The van der Waals surface area contributed by atoms with Gasteiger partial charge in [-0.2, -0.15) is 41.6 Å². The van der Waals surface area contributed by atoms with Crippen LogP contribution in [0.15, 0.2) is 93.8 Å². The molecular formula is C57H49Cl2F8N9O7. The minimum absolute atomic E-state index is 0.00474. The van der Waals surface area contributed by atoms with Gasteiger partial charge in [-0.25, -0.2) is 13.6 Å². The first-order chi connectivity index (χ1) is 39.1. The second kappa shape index (κ2) is 25.0. The number of benzene rings is 4. The molecule has 16 nitrogen and oxygen atoms in total. The lowest BCUT2D eigenvalue weighted by Crippen LogP contribution is -2.23. The molecule has 4 heterocycles. The fourth-order valence-corrected chi connectivity index (χ4v) is 9.16. The van der Waals surface area contributed by atoms with E-state index < -0.39 is 89.0 Å². The highest BCUT2D eigenvalue weighted by Crippen LogP contribution is 2.44. The fourth-order valence-electron chi connectivity index (χ4n) is 8.59. The normalized spacial score (nSPS) is 11.6. The highest BCUT2D eigenvalue weighted by atomic mass is 35.5. The zero-order chi connectivity index (χ0) is 60.9. The number of nitrogens with zero attached hydrogens (tertiary/aromatic N) is 3. The predicted octanol–water partition coefficient (Wildman–Crippen LogP) is 14.3. The topological polar surface area (TPSA) is 237 Å². The number of carbonyl (C=O) groups is 4. The van der Waals surface area contributed by atoms with E-state index in [1.807, 2.05) is 19.9 Å². The first-order valence-corrected chi connectivity index (χ1v) is 25.7. The van der Waals surface area contributed by atoms with E-state index in [-0.39, 0.29) is 72.3 Å². The standard InChI is InChI=1S/C31H25ClF7N5O3.C26H24ClFN4O4/c1-29(2,12-40)11-22(45)19-8-16(9-21(32)24(19)42-13-30(34,35)36)18-10-20-23(27(46)41-3)25(15-4-6-17(33)7-5-15)47-28(20)44-26(18)43-14-31(37,38)39;1-4-30-21-18(26(34)35)10-14(11-19(21)27)16-12-17-20(24(33)29-3)22(13-6-8-15(28)9-7-13)36-25(17)32-23(16)31-5-2/h4-10,42H,11,13-14H2,1-3H3,(H,41,46)(H,43,44);6-12,30H,4-5H2,1-3H3,(H,29,33)(H,31,32)(H,34,35). The van der Waals surface area contributed by atoms with Gasteiger partial charge in [0.1, 0.15) is 47.9 Å². The molecule has 0 saturated carbocycles. The summed E-state index contributed by atoms with van der Waals surface area (Å²) in [6.45, 7) is 4.48. The molecule has 7 N–H and O–H groups in total. The van der Waals surface area contributed by atoms with E-state index in [1.54, 1.807) is 12.1 Å². The molecule has 4 aromatic carbocycles. The summed E-state index contributed by atoms with van der Waals surface area (Å²) in [7, 11) is 2.81. The predicted molar refractivity (Wildman–Crippen MR) is 299 cm³/mol. The Morgan fingerprint density at radius 1 is 0.602 bits per heavy atom. The van der Waals surface area contributed by atoms with Crippen molar-refractivity contribution in [3.8, 4) is 51.0 Å². The van der Waals surface area contributed by atoms with Gasteiger partial charge in [0, 0.05) is 61.4 Å². The first kappa shape index (κ1) is 61.7. The summed E-state index contributed by atoms with van der Waals surface area (Å²) in [4.78, 5) is 60.2. The fraction of sp³-hybridized carbons (Fsp3) is 0.246. The van der Waals surface area contributed by atoms with Gasteiger partial charge in [0.2, 0.25) is 11.4 Å². The highest BCUT2D eigenvalue weighted by Gasteiger charge is 2.33. The molecule has 8 rings (SSSR count). The number of rotatable bonds is 18. The molecule has 0 aliphatic rings. The lowest BCUT2D eigenvalue weighted by Gasteiger charge is -2.20. The smallest absolute Gasteiger partial charge is 0.405 e. The summed E-state index contributed by atoms with van der Waals surface area (Å²) in [6, 6.07) is 20.7. The van der Waals surface area contributed by atoms with Crippen LogP contribution in [-0.2, 0) is 0 Å². The van der Waals surface area contributed by atoms with Gasteiger partial charge in [-0.05, 0) is 124 Å². The molecule has 0 unspecified atom stereocenters. The van der Waals surface area contributed by atoms with Crippen LogP contribution >= 0.6 is 23.2 Å². The number of alkyl halides is 6. The molecule has 8 aromatic rings. The van der Waals surface area contributed by atoms with Crippen LogP contribution in [0.1, 0.15) is 75.5 Å². The largest absolute Gasteiger partial charge is 0.478 e. The molecule has 434 valence electrons. The van der Waals surface area contributed by atoms with Crippen molar-refractivity contribution >= 4 is 92.0 Å². The van der Waals surface area contributed by atoms with Gasteiger partial charge in [-0.3, -0.25) is 14.4 Å². The number of nitrogens with one attached hydrogen (secondary N) is 6. The Morgan fingerprint density at radius 2 is 1.01 bits per heavy atom. The monoisotopic (exact) mass is 1190 g/mol. The number of hydrogen-bond donors (Lipinski definition) is 7. The number of fused-ring (bicyclic) bond motifs is 2. The molecule has 0 radical (unpaired) electrons. The second-order valence-electron chi connectivity index (χ2n) is 18.9. The first-order valence-electron chi connectivity index (χ1n) is 25.0. The van der Waals surface area contributed by atoms with Crippen LogP contribution in [0.5, 0.6) is 0 Å². The molecule has 83 heavy (non-hydrogen) atoms. The van der Waals surface area contributed by atoms with E-state index in [0.717, 1.165) is 24.3 Å². The number of pyridine rings is 2. The van der Waals surface area contributed by atoms with Crippen LogP contribution < -0.4 is 31.9 Å². The van der Waals surface area contributed by atoms with Crippen LogP contribution in [0, 0.1) is 28.4 Å². The molecule has 26 heteroatoms. The molecular weight excluding hydrogens is 1150 g/mol. The maximum atomic E-state index is 13.6. The van der Waals surface area contributed by atoms with E-state index in [0.29, 0.717) is 46.7 Å². The number of amides is 2. The molecule has 4 aromatic heterocycles. The number of aromatic nitrogens is 2. The maximum Gasteiger partial charge on any atom is 0.405 e. The van der Waals surface area contributed by atoms with Crippen LogP contribution in [0.3, 0.4) is 0 Å². The van der Waals surface area contributed by atoms with Gasteiger partial charge in [-0.15, -0.1) is 0 Å². The number of carbonyl (C=O) groups excluding carboxylic acids is 3. The third-order valence-corrected chi connectivity index (χ3v) is 12.9. The quantitative estimate of drug-likeness (QED) is 0.0313. The van der Waals surface area contributed by atoms with Crippen LogP contribution in [0.2, 0.25) is 10.0 Å².